The molecule has 4 nitrogen and oxygen atoms in total. The van der Waals surface area contributed by atoms with Gasteiger partial charge >= 0.3 is 0 Å². The fourth-order valence-corrected chi connectivity index (χ4v) is 3.35. The van der Waals surface area contributed by atoms with E-state index in [2.05, 4.69) is 54.6 Å². The number of ether oxygens (including phenoxy) is 1. The van der Waals surface area contributed by atoms with E-state index in [0.29, 0.717) is 24.0 Å². The highest BCUT2D eigenvalue weighted by Crippen LogP contribution is 2.26. The molecule has 2 fully saturated rings. The molecule has 0 saturated carbocycles. The van der Waals surface area contributed by atoms with Crippen LogP contribution in [0.4, 0.5) is 5.69 Å². The van der Waals surface area contributed by atoms with Crippen LogP contribution < -0.4 is 4.90 Å². The minimum absolute atomic E-state index is 0.492. The molecule has 2 unspecified atom stereocenters. The fraction of sp³-hybridized carbons (Fsp3) is 0.706. The Hall–Kier alpha value is -1.13. The molecule has 2 aliphatic heterocycles. The smallest absolute Gasteiger partial charge is 0.0645 e. The summed E-state index contributed by atoms with van der Waals surface area (Å²) in [5, 5.41) is 0. The lowest BCUT2D eigenvalue weighted by Crippen LogP contribution is -2.63. The predicted octanol–water partition coefficient (Wildman–Crippen LogP) is 2.50. The normalized spacial score (nSPS) is 28.0. The van der Waals surface area contributed by atoms with E-state index in [0.717, 1.165) is 26.3 Å². The molecule has 3 heterocycles. The predicted molar refractivity (Wildman–Crippen MR) is 85.9 cm³/mol. The van der Waals surface area contributed by atoms with Gasteiger partial charge in [-0.2, -0.15) is 0 Å². The quantitative estimate of drug-likeness (QED) is 0.855. The SMILES string of the molecule is CC(C)c1ccc(N2CC(C)N(C3COC3)CC2C)cn1. The van der Waals surface area contributed by atoms with E-state index in [1.807, 2.05) is 6.20 Å². The molecule has 116 valence electrons. The molecule has 0 spiro atoms. The third-order valence-electron chi connectivity index (χ3n) is 4.82. The second-order valence-electron chi connectivity index (χ2n) is 6.83. The summed E-state index contributed by atoms with van der Waals surface area (Å²) >= 11 is 0. The topological polar surface area (TPSA) is 28.6 Å². The summed E-state index contributed by atoms with van der Waals surface area (Å²) in [4.78, 5) is 9.73. The molecule has 3 rings (SSSR count). The van der Waals surface area contributed by atoms with Gasteiger partial charge in [-0.25, -0.2) is 0 Å². The van der Waals surface area contributed by atoms with Gasteiger partial charge in [-0.05, 0) is 31.9 Å². The first-order chi connectivity index (χ1) is 10.1. The Morgan fingerprint density at radius 2 is 1.90 bits per heavy atom. The van der Waals surface area contributed by atoms with Gasteiger partial charge in [-0.1, -0.05) is 13.8 Å². The summed E-state index contributed by atoms with van der Waals surface area (Å²) in [6.45, 7) is 13.0. The number of piperazine rings is 1. The maximum absolute atomic E-state index is 5.35. The van der Waals surface area contributed by atoms with Gasteiger partial charge in [0.2, 0.25) is 0 Å². The van der Waals surface area contributed by atoms with E-state index in [4.69, 9.17) is 4.74 Å². The number of hydrogen-bond donors (Lipinski definition) is 0. The summed E-state index contributed by atoms with van der Waals surface area (Å²) in [5.74, 6) is 0.492. The lowest BCUT2D eigenvalue weighted by molar-refractivity contribution is -0.0828. The monoisotopic (exact) mass is 289 g/mol. The Bertz CT molecular complexity index is 469. The van der Waals surface area contributed by atoms with E-state index in [9.17, 15) is 0 Å². The summed E-state index contributed by atoms with van der Waals surface area (Å²) in [6.07, 6.45) is 2.04. The Labute approximate surface area is 128 Å². The second-order valence-corrected chi connectivity index (χ2v) is 6.83. The van der Waals surface area contributed by atoms with Gasteiger partial charge in [-0.3, -0.25) is 9.88 Å². The molecule has 2 saturated heterocycles. The molecular formula is C17H27N3O. The Morgan fingerprint density at radius 3 is 2.43 bits per heavy atom. The molecule has 0 aliphatic carbocycles. The molecule has 0 N–H and O–H groups in total. The summed E-state index contributed by atoms with van der Waals surface area (Å²) in [6, 6.07) is 6.12. The van der Waals surface area contributed by atoms with Crippen molar-refractivity contribution in [3.8, 4) is 0 Å². The molecule has 2 atom stereocenters. The van der Waals surface area contributed by atoms with Gasteiger partial charge in [0.1, 0.15) is 0 Å². The van der Waals surface area contributed by atoms with Gasteiger partial charge in [0.25, 0.3) is 0 Å². The second kappa shape index (κ2) is 5.93. The zero-order valence-corrected chi connectivity index (χ0v) is 13.6. The first-order valence-corrected chi connectivity index (χ1v) is 8.12. The minimum Gasteiger partial charge on any atom is -0.378 e. The van der Waals surface area contributed by atoms with Gasteiger partial charge in [-0.15, -0.1) is 0 Å². The Kier molecular flexibility index (Phi) is 4.18. The molecule has 0 radical (unpaired) electrons. The molecular weight excluding hydrogens is 262 g/mol. The number of hydrogen-bond acceptors (Lipinski definition) is 4. The van der Waals surface area contributed by atoms with E-state index in [1.165, 1.54) is 11.4 Å². The molecule has 0 aromatic carbocycles. The van der Waals surface area contributed by atoms with Gasteiger partial charge < -0.3 is 9.64 Å². The number of aromatic nitrogens is 1. The lowest BCUT2D eigenvalue weighted by Gasteiger charge is -2.50. The molecule has 2 aliphatic rings. The van der Waals surface area contributed by atoms with Crippen LogP contribution in [0.1, 0.15) is 39.3 Å². The zero-order chi connectivity index (χ0) is 15.0. The third-order valence-corrected chi connectivity index (χ3v) is 4.82. The number of anilines is 1. The largest absolute Gasteiger partial charge is 0.378 e. The lowest BCUT2D eigenvalue weighted by atomic mass is 10.0. The van der Waals surface area contributed by atoms with Crippen LogP contribution in [-0.4, -0.2) is 54.3 Å². The van der Waals surface area contributed by atoms with Crippen molar-refractivity contribution in [3.63, 3.8) is 0 Å². The van der Waals surface area contributed by atoms with E-state index >= 15 is 0 Å². The molecule has 21 heavy (non-hydrogen) atoms. The van der Waals surface area contributed by atoms with Crippen molar-refractivity contribution in [1.82, 2.24) is 9.88 Å². The number of nitrogens with zero attached hydrogens (tertiary/aromatic N) is 3. The van der Waals surface area contributed by atoms with Crippen molar-refractivity contribution in [2.24, 2.45) is 0 Å². The molecule has 1 aromatic rings. The van der Waals surface area contributed by atoms with Crippen LogP contribution in [0.3, 0.4) is 0 Å². The fourth-order valence-electron chi connectivity index (χ4n) is 3.35. The highest BCUT2D eigenvalue weighted by Gasteiger charge is 2.36. The average molecular weight is 289 g/mol. The minimum atomic E-state index is 0.492. The molecule has 0 amide bonds. The van der Waals surface area contributed by atoms with E-state index < -0.39 is 0 Å². The van der Waals surface area contributed by atoms with Crippen molar-refractivity contribution >= 4 is 5.69 Å². The van der Waals surface area contributed by atoms with Crippen molar-refractivity contribution in [1.29, 1.82) is 0 Å². The van der Waals surface area contributed by atoms with E-state index in [1.54, 1.807) is 0 Å². The highest BCUT2D eigenvalue weighted by atomic mass is 16.5. The van der Waals surface area contributed by atoms with Crippen LogP contribution in [0.15, 0.2) is 18.3 Å². The van der Waals surface area contributed by atoms with Crippen molar-refractivity contribution in [3.05, 3.63) is 24.0 Å². The molecule has 1 aromatic heterocycles. The van der Waals surface area contributed by atoms with Gasteiger partial charge in [0.15, 0.2) is 0 Å². The summed E-state index contributed by atoms with van der Waals surface area (Å²) in [7, 11) is 0. The van der Waals surface area contributed by atoms with Gasteiger partial charge in [0.05, 0.1) is 31.1 Å². The van der Waals surface area contributed by atoms with Crippen molar-refractivity contribution in [2.75, 3.05) is 31.2 Å². The van der Waals surface area contributed by atoms with Crippen LogP contribution in [-0.2, 0) is 4.74 Å². The first-order valence-electron chi connectivity index (χ1n) is 8.12. The first kappa shape index (κ1) is 14.8. The van der Waals surface area contributed by atoms with Crippen LogP contribution in [0, 0.1) is 0 Å². The van der Waals surface area contributed by atoms with Crippen LogP contribution in [0.2, 0.25) is 0 Å². The van der Waals surface area contributed by atoms with Crippen LogP contribution in [0.5, 0.6) is 0 Å². The van der Waals surface area contributed by atoms with Gasteiger partial charge in [0, 0.05) is 30.9 Å². The average Bonchev–Trinajstić information content (AvgIpc) is 2.40. The molecule has 0 bridgehead atoms. The Balaban J connectivity index is 1.71. The Morgan fingerprint density at radius 1 is 1.14 bits per heavy atom. The maximum atomic E-state index is 5.35. The highest BCUT2D eigenvalue weighted by molar-refractivity contribution is 5.46. The van der Waals surface area contributed by atoms with Crippen LogP contribution >= 0.6 is 0 Å². The summed E-state index contributed by atoms with van der Waals surface area (Å²) < 4.78 is 5.35. The van der Waals surface area contributed by atoms with E-state index in [-0.39, 0.29) is 0 Å². The molecule has 4 heteroatoms. The van der Waals surface area contributed by atoms with Crippen molar-refractivity contribution in [2.45, 2.75) is 51.7 Å². The standard InChI is InChI=1S/C17H27N3O/c1-12(2)17-6-5-15(7-18-17)19-8-14(4)20(9-13(19)3)16-10-21-11-16/h5-7,12-14,16H,8-11H2,1-4H3. The zero-order valence-electron chi connectivity index (χ0n) is 13.6. The van der Waals surface area contributed by atoms with Crippen molar-refractivity contribution < 1.29 is 4.74 Å². The third kappa shape index (κ3) is 2.92. The summed E-state index contributed by atoms with van der Waals surface area (Å²) in [5.41, 5.74) is 2.42. The number of pyridine rings is 1. The van der Waals surface area contributed by atoms with Crippen LogP contribution in [0.25, 0.3) is 0 Å². The number of rotatable bonds is 3. The maximum Gasteiger partial charge on any atom is 0.0645 e.